The average molecular weight is 269 g/mol. The van der Waals surface area contributed by atoms with Gasteiger partial charge in [-0.05, 0) is 23.6 Å². The Morgan fingerprint density at radius 3 is 3.18 bits per heavy atom. The van der Waals surface area contributed by atoms with Gasteiger partial charge in [-0.2, -0.15) is 11.8 Å². The molecule has 0 aromatic carbocycles. The SMILES string of the molecule is COCCCSCc1nc(N)c2ccsc2n1. The van der Waals surface area contributed by atoms with E-state index in [9.17, 15) is 0 Å². The van der Waals surface area contributed by atoms with Crippen LogP contribution < -0.4 is 5.73 Å². The molecule has 0 saturated heterocycles. The molecule has 0 spiro atoms. The minimum Gasteiger partial charge on any atom is -0.385 e. The maximum atomic E-state index is 5.88. The Labute approximate surface area is 109 Å². The quantitative estimate of drug-likeness (QED) is 0.817. The summed E-state index contributed by atoms with van der Waals surface area (Å²) in [6, 6.07) is 1.96. The Bertz CT molecular complexity index is 487. The second kappa shape index (κ2) is 6.18. The van der Waals surface area contributed by atoms with Crippen molar-refractivity contribution in [2.45, 2.75) is 12.2 Å². The molecule has 2 N–H and O–H groups in total. The van der Waals surface area contributed by atoms with E-state index in [1.54, 1.807) is 18.4 Å². The van der Waals surface area contributed by atoms with Crippen LogP contribution in [-0.4, -0.2) is 29.4 Å². The number of methoxy groups -OCH3 is 1. The van der Waals surface area contributed by atoms with Crippen molar-refractivity contribution < 1.29 is 4.74 Å². The number of fused-ring (bicyclic) bond motifs is 1. The van der Waals surface area contributed by atoms with Crippen molar-refractivity contribution in [3.05, 3.63) is 17.3 Å². The second-order valence-corrected chi connectivity index (χ2v) is 5.56. The highest BCUT2D eigenvalue weighted by Crippen LogP contribution is 2.24. The van der Waals surface area contributed by atoms with Gasteiger partial charge in [-0.25, -0.2) is 9.97 Å². The highest BCUT2D eigenvalue weighted by molar-refractivity contribution is 7.98. The molecule has 0 fully saturated rings. The molecule has 0 aliphatic heterocycles. The van der Waals surface area contributed by atoms with Crippen LogP contribution in [0.4, 0.5) is 5.82 Å². The Morgan fingerprint density at radius 1 is 1.47 bits per heavy atom. The minimum atomic E-state index is 0.587. The van der Waals surface area contributed by atoms with Crippen LogP contribution in [0.1, 0.15) is 12.2 Å². The van der Waals surface area contributed by atoms with E-state index in [0.717, 1.165) is 40.6 Å². The summed E-state index contributed by atoms with van der Waals surface area (Å²) in [5.41, 5.74) is 5.88. The van der Waals surface area contributed by atoms with Crippen LogP contribution in [0.5, 0.6) is 0 Å². The van der Waals surface area contributed by atoms with Crippen LogP contribution in [0.15, 0.2) is 11.4 Å². The number of thioether (sulfide) groups is 1. The van der Waals surface area contributed by atoms with Gasteiger partial charge in [0.25, 0.3) is 0 Å². The first-order chi connectivity index (χ1) is 8.31. The van der Waals surface area contributed by atoms with Crippen molar-refractivity contribution in [1.29, 1.82) is 0 Å². The topological polar surface area (TPSA) is 61.0 Å². The number of hydrogen-bond acceptors (Lipinski definition) is 6. The van der Waals surface area contributed by atoms with Crippen molar-refractivity contribution in [3.63, 3.8) is 0 Å². The molecule has 0 aliphatic rings. The normalized spacial score (nSPS) is 11.1. The zero-order chi connectivity index (χ0) is 12.1. The van der Waals surface area contributed by atoms with Crippen LogP contribution in [0.3, 0.4) is 0 Å². The third kappa shape index (κ3) is 3.31. The molecule has 0 bridgehead atoms. The van der Waals surface area contributed by atoms with Gasteiger partial charge in [-0.1, -0.05) is 0 Å². The summed E-state index contributed by atoms with van der Waals surface area (Å²) in [5, 5.41) is 2.95. The third-order valence-electron chi connectivity index (χ3n) is 2.27. The Balaban J connectivity index is 1.94. The third-order valence-corrected chi connectivity index (χ3v) is 4.12. The van der Waals surface area contributed by atoms with Crippen molar-refractivity contribution >= 4 is 39.1 Å². The lowest BCUT2D eigenvalue weighted by atomic mass is 10.4. The summed E-state index contributed by atoms with van der Waals surface area (Å²) in [5.74, 6) is 3.27. The summed E-state index contributed by atoms with van der Waals surface area (Å²) in [4.78, 5) is 9.78. The van der Waals surface area contributed by atoms with Gasteiger partial charge in [-0.15, -0.1) is 11.3 Å². The number of nitrogen functional groups attached to an aromatic ring is 1. The van der Waals surface area contributed by atoms with Crippen LogP contribution >= 0.6 is 23.1 Å². The van der Waals surface area contributed by atoms with Crippen molar-refractivity contribution in [2.24, 2.45) is 0 Å². The molecule has 0 radical (unpaired) electrons. The molecule has 92 valence electrons. The lowest BCUT2D eigenvalue weighted by Gasteiger charge is -2.02. The fourth-order valence-electron chi connectivity index (χ4n) is 1.46. The number of nitrogens with two attached hydrogens (primary N) is 1. The molecule has 2 aromatic rings. The van der Waals surface area contributed by atoms with E-state index in [2.05, 4.69) is 9.97 Å². The predicted octanol–water partition coefficient (Wildman–Crippen LogP) is 2.54. The number of nitrogens with zero attached hydrogens (tertiary/aromatic N) is 2. The maximum absolute atomic E-state index is 5.88. The number of rotatable bonds is 6. The fourth-order valence-corrected chi connectivity index (χ4v) is 3.03. The molecule has 2 aromatic heterocycles. The van der Waals surface area contributed by atoms with Gasteiger partial charge in [0.2, 0.25) is 0 Å². The summed E-state index contributed by atoms with van der Waals surface area (Å²) >= 11 is 3.41. The number of hydrogen-bond donors (Lipinski definition) is 1. The van der Waals surface area contributed by atoms with E-state index in [0.29, 0.717) is 5.82 Å². The standard InChI is InChI=1S/C11H15N3OS2/c1-15-4-2-5-16-7-9-13-10(12)8-3-6-17-11(8)14-9/h3,6H,2,4-5,7H2,1H3,(H2,12,13,14). The molecule has 17 heavy (non-hydrogen) atoms. The molecular weight excluding hydrogens is 254 g/mol. The molecule has 2 heterocycles. The predicted molar refractivity (Wildman–Crippen MR) is 74.5 cm³/mol. The molecule has 0 unspecified atom stereocenters. The van der Waals surface area contributed by atoms with Gasteiger partial charge in [0, 0.05) is 13.7 Å². The van der Waals surface area contributed by atoms with E-state index < -0.39 is 0 Å². The van der Waals surface area contributed by atoms with Crippen molar-refractivity contribution in [3.8, 4) is 0 Å². The zero-order valence-corrected chi connectivity index (χ0v) is 11.3. The Morgan fingerprint density at radius 2 is 2.35 bits per heavy atom. The lowest BCUT2D eigenvalue weighted by Crippen LogP contribution is -1.99. The van der Waals surface area contributed by atoms with Crippen LogP contribution in [0, 0.1) is 0 Å². The van der Waals surface area contributed by atoms with Gasteiger partial charge in [0.05, 0.1) is 11.1 Å². The average Bonchev–Trinajstić information content (AvgIpc) is 2.77. The van der Waals surface area contributed by atoms with Crippen LogP contribution in [0.2, 0.25) is 0 Å². The highest BCUT2D eigenvalue weighted by atomic mass is 32.2. The largest absolute Gasteiger partial charge is 0.385 e. The summed E-state index contributed by atoms with van der Waals surface area (Å²) in [7, 11) is 1.72. The lowest BCUT2D eigenvalue weighted by molar-refractivity contribution is 0.200. The van der Waals surface area contributed by atoms with E-state index in [1.807, 2.05) is 23.2 Å². The molecule has 0 atom stereocenters. The van der Waals surface area contributed by atoms with E-state index in [1.165, 1.54) is 0 Å². The molecule has 4 nitrogen and oxygen atoms in total. The second-order valence-electron chi connectivity index (χ2n) is 3.56. The first-order valence-corrected chi connectivity index (χ1v) is 7.41. The van der Waals surface area contributed by atoms with Gasteiger partial charge in [0.1, 0.15) is 16.5 Å². The van der Waals surface area contributed by atoms with E-state index in [4.69, 9.17) is 10.5 Å². The van der Waals surface area contributed by atoms with Crippen molar-refractivity contribution in [2.75, 3.05) is 25.2 Å². The molecule has 0 saturated carbocycles. The molecular formula is C11H15N3OS2. The summed E-state index contributed by atoms with van der Waals surface area (Å²) in [6.07, 6.45) is 1.05. The number of anilines is 1. The smallest absolute Gasteiger partial charge is 0.142 e. The Kier molecular flexibility index (Phi) is 4.58. The van der Waals surface area contributed by atoms with Gasteiger partial charge in [0.15, 0.2) is 0 Å². The monoisotopic (exact) mass is 269 g/mol. The molecule has 0 amide bonds. The molecule has 2 rings (SSSR count). The number of ether oxygens (including phenoxy) is 1. The van der Waals surface area contributed by atoms with Crippen molar-refractivity contribution in [1.82, 2.24) is 9.97 Å². The molecule has 6 heteroatoms. The minimum absolute atomic E-state index is 0.587. The first-order valence-electron chi connectivity index (χ1n) is 5.37. The van der Waals surface area contributed by atoms with Crippen LogP contribution in [0.25, 0.3) is 10.2 Å². The first kappa shape index (κ1) is 12.6. The number of aromatic nitrogens is 2. The highest BCUT2D eigenvalue weighted by Gasteiger charge is 2.05. The maximum Gasteiger partial charge on any atom is 0.142 e. The molecule has 0 aliphatic carbocycles. The summed E-state index contributed by atoms with van der Waals surface area (Å²) in [6.45, 7) is 0.806. The Hall–Kier alpha value is -0.850. The zero-order valence-electron chi connectivity index (χ0n) is 9.68. The van der Waals surface area contributed by atoms with Gasteiger partial charge >= 0.3 is 0 Å². The summed E-state index contributed by atoms with van der Waals surface area (Å²) < 4.78 is 5.00. The number of thiophene rings is 1. The fraction of sp³-hybridized carbons (Fsp3) is 0.455. The van der Waals surface area contributed by atoms with Gasteiger partial charge < -0.3 is 10.5 Å². The van der Waals surface area contributed by atoms with E-state index in [-0.39, 0.29) is 0 Å². The van der Waals surface area contributed by atoms with Crippen LogP contribution in [-0.2, 0) is 10.5 Å². The van der Waals surface area contributed by atoms with E-state index >= 15 is 0 Å². The van der Waals surface area contributed by atoms with Gasteiger partial charge in [-0.3, -0.25) is 0 Å².